The first kappa shape index (κ1) is 23.3. The molecule has 1 aliphatic heterocycles. The van der Waals surface area contributed by atoms with Crippen molar-refractivity contribution in [2.24, 2.45) is 0 Å². The molecule has 1 N–H and O–H groups in total. The second-order valence-corrected chi connectivity index (χ2v) is 7.91. The summed E-state index contributed by atoms with van der Waals surface area (Å²) in [6, 6.07) is 11.9. The van der Waals surface area contributed by atoms with Crippen LogP contribution in [0.4, 0.5) is 5.69 Å². The Balaban J connectivity index is 1.96. The van der Waals surface area contributed by atoms with E-state index in [-0.39, 0.29) is 27.7 Å². The van der Waals surface area contributed by atoms with Gasteiger partial charge in [0.15, 0.2) is 0 Å². The van der Waals surface area contributed by atoms with Crippen LogP contribution in [0.3, 0.4) is 0 Å². The van der Waals surface area contributed by atoms with Crippen LogP contribution in [0.15, 0.2) is 58.5 Å². The molecule has 1 aliphatic rings. The van der Waals surface area contributed by atoms with Crippen molar-refractivity contribution < 1.29 is 33.3 Å². The Labute approximate surface area is 200 Å². The molecule has 0 saturated carbocycles. The lowest BCUT2D eigenvalue weighted by Gasteiger charge is -2.23. The maximum absolute atomic E-state index is 13.3. The summed E-state index contributed by atoms with van der Waals surface area (Å²) in [5, 5.41) is 11.6. The van der Waals surface area contributed by atoms with Gasteiger partial charge in [-0.15, -0.1) is 0 Å². The van der Waals surface area contributed by atoms with Crippen molar-refractivity contribution in [1.82, 2.24) is 0 Å². The number of aliphatic hydroxyl groups excluding tert-OH is 1. The molecule has 1 aromatic heterocycles. The zero-order valence-electron chi connectivity index (χ0n) is 18.9. The van der Waals surface area contributed by atoms with Gasteiger partial charge in [0.2, 0.25) is 0 Å². The van der Waals surface area contributed by atoms with E-state index >= 15 is 0 Å². The fourth-order valence-electron chi connectivity index (χ4n) is 3.90. The van der Waals surface area contributed by atoms with Crippen LogP contribution in [0.2, 0.25) is 5.02 Å². The van der Waals surface area contributed by atoms with E-state index in [1.807, 2.05) is 0 Å². The van der Waals surface area contributed by atoms with Crippen molar-refractivity contribution in [2.75, 3.05) is 26.2 Å². The average Bonchev–Trinajstić information content (AvgIpc) is 3.39. The number of benzene rings is 2. The molecule has 0 aliphatic carbocycles. The van der Waals surface area contributed by atoms with E-state index in [2.05, 4.69) is 0 Å². The highest BCUT2D eigenvalue weighted by atomic mass is 35.5. The van der Waals surface area contributed by atoms with E-state index in [1.54, 1.807) is 43.3 Å². The fraction of sp³-hybridized carbons (Fsp3) is 0.200. The molecule has 176 valence electrons. The van der Waals surface area contributed by atoms with Crippen LogP contribution in [0.25, 0.3) is 5.76 Å². The van der Waals surface area contributed by atoms with Gasteiger partial charge in [-0.25, -0.2) is 0 Å². The number of carbonyl (C=O) groups excluding carboxylic acids is 2. The summed E-state index contributed by atoms with van der Waals surface area (Å²) < 4.78 is 21.6. The summed E-state index contributed by atoms with van der Waals surface area (Å²) in [5.41, 5.74) is 0.421. The number of halogens is 1. The van der Waals surface area contributed by atoms with Gasteiger partial charge in [0.05, 0.1) is 37.5 Å². The number of methoxy groups -OCH3 is 3. The Bertz CT molecular complexity index is 1290. The zero-order valence-corrected chi connectivity index (χ0v) is 19.7. The summed E-state index contributed by atoms with van der Waals surface area (Å²) in [7, 11) is 4.35. The number of ether oxygens (including phenoxy) is 3. The highest BCUT2D eigenvalue weighted by molar-refractivity contribution is 6.51. The molecule has 1 fully saturated rings. The third-order valence-corrected chi connectivity index (χ3v) is 5.85. The van der Waals surface area contributed by atoms with Crippen LogP contribution >= 0.6 is 11.6 Å². The van der Waals surface area contributed by atoms with Gasteiger partial charge in [0.1, 0.15) is 40.6 Å². The van der Waals surface area contributed by atoms with Crippen molar-refractivity contribution in [2.45, 2.75) is 13.0 Å². The van der Waals surface area contributed by atoms with Crippen LogP contribution in [0.5, 0.6) is 17.2 Å². The summed E-state index contributed by atoms with van der Waals surface area (Å²) in [6.07, 6.45) is 0. The van der Waals surface area contributed by atoms with E-state index in [0.29, 0.717) is 23.0 Å². The molecule has 4 rings (SSSR count). The molecule has 0 bridgehead atoms. The number of amides is 1. The predicted molar refractivity (Wildman–Crippen MR) is 126 cm³/mol. The second-order valence-electron chi connectivity index (χ2n) is 7.50. The lowest BCUT2D eigenvalue weighted by Crippen LogP contribution is -2.29. The number of hydrogen-bond donors (Lipinski definition) is 1. The van der Waals surface area contributed by atoms with Crippen molar-refractivity contribution in [3.8, 4) is 17.2 Å². The topological polar surface area (TPSA) is 98.4 Å². The average molecular weight is 484 g/mol. The number of rotatable bonds is 6. The maximum atomic E-state index is 13.3. The van der Waals surface area contributed by atoms with E-state index < -0.39 is 23.5 Å². The van der Waals surface area contributed by atoms with Crippen LogP contribution in [0.1, 0.15) is 23.1 Å². The van der Waals surface area contributed by atoms with Crippen molar-refractivity contribution >= 4 is 34.7 Å². The van der Waals surface area contributed by atoms with Gasteiger partial charge in [-0.1, -0.05) is 11.6 Å². The normalized spacial score (nSPS) is 17.2. The molecule has 8 nitrogen and oxygen atoms in total. The molecule has 34 heavy (non-hydrogen) atoms. The van der Waals surface area contributed by atoms with E-state index in [9.17, 15) is 14.7 Å². The number of furan rings is 1. The summed E-state index contributed by atoms with van der Waals surface area (Å²) in [5.74, 6) is -0.180. The third kappa shape index (κ3) is 3.86. The number of hydrogen-bond acceptors (Lipinski definition) is 7. The largest absolute Gasteiger partial charge is 0.507 e. The molecule has 9 heteroatoms. The van der Waals surface area contributed by atoms with Crippen molar-refractivity contribution in [3.05, 3.63) is 76.2 Å². The Morgan fingerprint density at radius 1 is 0.971 bits per heavy atom. The van der Waals surface area contributed by atoms with Gasteiger partial charge < -0.3 is 23.7 Å². The molecule has 2 aromatic carbocycles. The highest BCUT2D eigenvalue weighted by Gasteiger charge is 2.48. The number of nitrogens with zero attached hydrogens (tertiary/aromatic N) is 1. The molecule has 1 atom stereocenters. The summed E-state index contributed by atoms with van der Waals surface area (Å²) >= 11 is 6.19. The number of ketones is 1. The Morgan fingerprint density at radius 3 is 2.21 bits per heavy atom. The number of aliphatic hydroxyl groups is 1. The van der Waals surface area contributed by atoms with Crippen LogP contribution in [0, 0.1) is 6.92 Å². The van der Waals surface area contributed by atoms with Crippen molar-refractivity contribution in [3.63, 3.8) is 0 Å². The standard InChI is InChI=1S/C25H22ClNO7/c1-13-5-10-18(34-13)22-21(23(28)16-11-20(33-4)17(26)12-19(16)32-3)24(29)25(30)27(22)14-6-8-15(31-2)9-7-14/h5-12,22,28H,1-4H3/b23-21+. The number of carbonyl (C=O) groups is 2. The molecule has 1 unspecified atom stereocenters. The van der Waals surface area contributed by atoms with Gasteiger partial charge in [-0.05, 0) is 49.4 Å². The molecule has 0 radical (unpaired) electrons. The Morgan fingerprint density at radius 2 is 1.65 bits per heavy atom. The Hall–Kier alpha value is -3.91. The molecule has 1 saturated heterocycles. The zero-order chi connectivity index (χ0) is 24.6. The number of anilines is 1. The monoisotopic (exact) mass is 483 g/mol. The van der Waals surface area contributed by atoms with Gasteiger partial charge in [0, 0.05) is 11.8 Å². The molecular formula is C25H22ClNO7. The minimum absolute atomic E-state index is 0.143. The molecule has 0 spiro atoms. The minimum atomic E-state index is -1.02. The van der Waals surface area contributed by atoms with Gasteiger partial charge >= 0.3 is 0 Å². The quantitative estimate of drug-likeness (QED) is 0.302. The van der Waals surface area contributed by atoms with Crippen LogP contribution in [-0.2, 0) is 9.59 Å². The first-order valence-electron chi connectivity index (χ1n) is 10.2. The minimum Gasteiger partial charge on any atom is -0.507 e. The third-order valence-electron chi connectivity index (χ3n) is 5.55. The molecular weight excluding hydrogens is 462 g/mol. The number of Topliss-reactive ketones (excluding diaryl/α,β-unsaturated/α-hetero) is 1. The fourth-order valence-corrected chi connectivity index (χ4v) is 4.13. The predicted octanol–water partition coefficient (Wildman–Crippen LogP) is 4.89. The SMILES string of the molecule is COc1ccc(N2C(=O)C(=O)/C(=C(/O)c3cc(OC)c(Cl)cc3OC)C2c2ccc(C)o2)cc1. The van der Waals surface area contributed by atoms with Gasteiger partial charge in [-0.2, -0.15) is 0 Å². The molecule has 3 aromatic rings. The Kier molecular flexibility index (Phi) is 6.26. The van der Waals surface area contributed by atoms with E-state index in [1.165, 1.54) is 38.4 Å². The maximum Gasteiger partial charge on any atom is 0.300 e. The first-order valence-corrected chi connectivity index (χ1v) is 10.6. The highest BCUT2D eigenvalue weighted by Crippen LogP contribution is 2.45. The van der Waals surface area contributed by atoms with Gasteiger partial charge in [0.25, 0.3) is 11.7 Å². The van der Waals surface area contributed by atoms with Gasteiger partial charge in [-0.3, -0.25) is 14.5 Å². The smallest absolute Gasteiger partial charge is 0.300 e. The van der Waals surface area contributed by atoms with E-state index in [4.69, 9.17) is 30.2 Å². The molecule has 2 heterocycles. The summed E-state index contributed by atoms with van der Waals surface area (Å²) in [6.45, 7) is 1.75. The van der Waals surface area contributed by atoms with Crippen LogP contribution in [-0.4, -0.2) is 38.1 Å². The van der Waals surface area contributed by atoms with Crippen molar-refractivity contribution in [1.29, 1.82) is 0 Å². The number of aryl methyl sites for hydroxylation is 1. The second kappa shape index (κ2) is 9.15. The lowest BCUT2D eigenvalue weighted by molar-refractivity contribution is -0.132. The van der Waals surface area contributed by atoms with E-state index in [0.717, 1.165) is 0 Å². The lowest BCUT2D eigenvalue weighted by atomic mass is 9.98. The molecule has 1 amide bonds. The summed E-state index contributed by atoms with van der Waals surface area (Å²) in [4.78, 5) is 27.8. The van der Waals surface area contributed by atoms with Crippen LogP contribution < -0.4 is 19.1 Å². The first-order chi connectivity index (χ1) is 16.3.